The number of amides is 1. The highest BCUT2D eigenvalue weighted by atomic mass is 32.1. The molecule has 0 saturated carbocycles. The van der Waals surface area contributed by atoms with E-state index in [1.807, 2.05) is 6.07 Å². The summed E-state index contributed by atoms with van der Waals surface area (Å²) in [4.78, 5) is 33.9. The van der Waals surface area contributed by atoms with E-state index in [1.165, 1.54) is 30.4 Å². The topological polar surface area (TPSA) is 81.6 Å². The molecule has 0 aromatic carbocycles. The zero-order valence-corrected chi connectivity index (χ0v) is 15.0. The fraction of sp³-hybridized carbons (Fsp3) is 0.375. The van der Waals surface area contributed by atoms with E-state index in [-0.39, 0.29) is 5.69 Å². The molecule has 128 valence electrons. The van der Waals surface area contributed by atoms with Gasteiger partial charge in [0.1, 0.15) is 15.6 Å². The van der Waals surface area contributed by atoms with E-state index in [0.717, 1.165) is 5.56 Å². The molecule has 2 rings (SSSR count). The fourth-order valence-corrected chi connectivity index (χ4v) is 2.79. The lowest BCUT2D eigenvalue weighted by molar-refractivity contribution is 0.0587. The van der Waals surface area contributed by atoms with Gasteiger partial charge in [0, 0.05) is 25.0 Å². The van der Waals surface area contributed by atoms with E-state index >= 15 is 0 Å². The molecule has 0 bridgehead atoms. The molecule has 0 unspecified atom stereocenters. The van der Waals surface area contributed by atoms with Crippen LogP contribution in [0.5, 0.6) is 0 Å². The number of ether oxygens (including phenoxy) is 2. The number of hydrogen-bond donors (Lipinski definition) is 0. The number of thiazole rings is 1. The number of hydrogen-bond acceptors (Lipinski definition) is 7. The highest BCUT2D eigenvalue weighted by Crippen LogP contribution is 2.35. The van der Waals surface area contributed by atoms with E-state index in [4.69, 9.17) is 9.47 Å². The van der Waals surface area contributed by atoms with Crippen LogP contribution in [0.2, 0.25) is 0 Å². The molecule has 0 saturated heterocycles. The molecule has 0 aliphatic carbocycles. The van der Waals surface area contributed by atoms with Crippen molar-refractivity contribution >= 4 is 28.4 Å². The third-order valence-electron chi connectivity index (χ3n) is 2.87. The lowest BCUT2D eigenvalue weighted by atomic mass is 10.2. The monoisotopic (exact) mass is 349 g/mol. The van der Waals surface area contributed by atoms with Crippen LogP contribution in [0.15, 0.2) is 24.5 Å². The summed E-state index contributed by atoms with van der Waals surface area (Å²) < 4.78 is 10.1. The summed E-state index contributed by atoms with van der Waals surface area (Å²) in [5.41, 5.74) is 0.166. The third kappa shape index (κ3) is 4.08. The van der Waals surface area contributed by atoms with Crippen LogP contribution >= 0.6 is 11.3 Å². The molecule has 0 radical (unpaired) electrons. The number of pyridine rings is 1. The molecule has 2 aromatic rings. The van der Waals surface area contributed by atoms with E-state index in [0.29, 0.717) is 10.0 Å². The number of carbonyl (C=O) groups is 2. The minimum Gasteiger partial charge on any atom is -0.464 e. The zero-order valence-electron chi connectivity index (χ0n) is 14.2. The van der Waals surface area contributed by atoms with Gasteiger partial charge in [-0.15, -0.1) is 0 Å². The van der Waals surface area contributed by atoms with Crippen LogP contribution in [0.25, 0.3) is 10.6 Å². The van der Waals surface area contributed by atoms with Crippen molar-refractivity contribution in [2.45, 2.75) is 26.4 Å². The molecule has 0 N–H and O–H groups in total. The van der Waals surface area contributed by atoms with Crippen molar-refractivity contribution in [3.63, 3.8) is 0 Å². The molecular weight excluding hydrogens is 330 g/mol. The number of anilines is 1. The quantitative estimate of drug-likeness (QED) is 0.790. The molecule has 0 aliphatic rings. The Hall–Kier alpha value is -2.48. The molecule has 8 heteroatoms. The number of aromatic nitrogens is 2. The standard InChI is InChI=1S/C16H19N3O4S/c1-16(2,3)23-15(21)19(4)13-11(14(20)22-5)18-12(24-13)10-7-6-8-17-9-10/h6-9H,1-5H3. The van der Waals surface area contributed by atoms with Gasteiger partial charge in [-0.1, -0.05) is 11.3 Å². The van der Waals surface area contributed by atoms with Gasteiger partial charge in [-0.25, -0.2) is 14.6 Å². The SMILES string of the molecule is COC(=O)c1nc(-c2cccnc2)sc1N(C)C(=O)OC(C)(C)C. The first-order valence-electron chi connectivity index (χ1n) is 7.19. The Labute approximate surface area is 144 Å². The summed E-state index contributed by atoms with van der Waals surface area (Å²) in [6.45, 7) is 5.31. The van der Waals surface area contributed by atoms with E-state index in [2.05, 4.69) is 9.97 Å². The van der Waals surface area contributed by atoms with Gasteiger partial charge in [-0.3, -0.25) is 9.88 Å². The molecular formula is C16H19N3O4S. The van der Waals surface area contributed by atoms with Crippen molar-refractivity contribution in [3.8, 4) is 10.6 Å². The molecule has 2 aromatic heterocycles. The Kier molecular flexibility index (Phi) is 5.18. The lowest BCUT2D eigenvalue weighted by Crippen LogP contribution is -2.34. The molecule has 1 amide bonds. The second-order valence-corrected chi connectivity index (χ2v) is 6.92. The number of carbonyl (C=O) groups excluding carboxylic acids is 2. The van der Waals surface area contributed by atoms with Crippen LogP contribution in [-0.4, -0.2) is 41.8 Å². The zero-order chi connectivity index (χ0) is 17.9. The maximum absolute atomic E-state index is 12.3. The van der Waals surface area contributed by atoms with Gasteiger partial charge in [0.2, 0.25) is 0 Å². The van der Waals surface area contributed by atoms with Crippen molar-refractivity contribution in [2.75, 3.05) is 19.1 Å². The summed E-state index contributed by atoms with van der Waals surface area (Å²) >= 11 is 1.19. The van der Waals surface area contributed by atoms with Gasteiger partial charge in [-0.05, 0) is 32.9 Å². The normalized spacial score (nSPS) is 11.0. The second-order valence-electron chi connectivity index (χ2n) is 5.95. The third-order valence-corrected chi connectivity index (χ3v) is 4.05. The van der Waals surface area contributed by atoms with Crippen LogP contribution in [0.1, 0.15) is 31.3 Å². The van der Waals surface area contributed by atoms with Crippen molar-refractivity contribution in [1.82, 2.24) is 9.97 Å². The maximum atomic E-state index is 12.3. The molecule has 0 spiro atoms. The van der Waals surface area contributed by atoms with Gasteiger partial charge in [0.15, 0.2) is 5.69 Å². The minimum atomic E-state index is -0.645. The van der Waals surface area contributed by atoms with Gasteiger partial charge in [-0.2, -0.15) is 0 Å². The molecule has 7 nitrogen and oxygen atoms in total. The van der Waals surface area contributed by atoms with Crippen LogP contribution in [-0.2, 0) is 9.47 Å². The molecule has 2 heterocycles. The second kappa shape index (κ2) is 6.96. The molecule has 0 atom stereocenters. The smallest absolute Gasteiger partial charge is 0.415 e. The van der Waals surface area contributed by atoms with Crippen molar-refractivity contribution in [1.29, 1.82) is 0 Å². The first-order chi connectivity index (χ1) is 11.2. The van der Waals surface area contributed by atoms with Crippen molar-refractivity contribution < 1.29 is 19.1 Å². The molecule has 0 fully saturated rings. The summed E-state index contributed by atoms with van der Waals surface area (Å²) in [5.74, 6) is -0.619. The van der Waals surface area contributed by atoms with Crippen molar-refractivity contribution in [2.24, 2.45) is 0 Å². The first-order valence-corrected chi connectivity index (χ1v) is 8.01. The fourth-order valence-electron chi connectivity index (χ4n) is 1.80. The highest BCUT2D eigenvalue weighted by Gasteiger charge is 2.28. The van der Waals surface area contributed by atoms with Gasteiger partial charge in [0.25, 0.3) is 0 Å². The summed E-state index contributed by atoms with van der Waals surface area (Å²) in [6.07, 6.45) is 2.71. The average molecular weight is 349 g/mol. The Balaban J connectivity index is 2.42. The predicted molar refractivity (Wildman–Crippen MR) is 91.3 cm³/mol. The van der Waals surface area contributed by atoms with Crippen LogP contribution < -0.4 is 4.90 Å². The Morgan fingerprint density at radius 2 is 2.00 bits per heavy atom. The first kappa shape index (κ1) is 17.9. The number of rotatable bonds is 3. The van der Waals surface area contributed by atoms with Gasteiger partial charge < -0.3 is 9.47 Å². The van der Waals surface area contributed by atoms with E-state index in [9.17, 15) is 9.59 Å². The van der Waals surface area contributed by atoms with E-state index < -0.39 is 17.7 Å². The highest BCUT2D eigenvalue weighted by molar-refractivity contribution is 7.19. The summed E-state index contributed by atoms with van der Waals surface area (Å²) in [5, 5.41) is 0.920. The Morgan fingerprint density at radius 3 is 2.54 bits per heavy atom. The summed E-state index contributed by atoms with van der Waals surface area (Å²) in [6, 6.07) is 3.59. The largest absolute Gasteiger partial charge is 0.464 e. The Bertz CT molecular complexity index is 738. The number of esters is 1. The van der Waals surface area contributed by atoms with Crippen LogP contribution in [0, 0.1) is 0 Å². The number of nitrogens with zero attached hydrogens (tertiary/aromatic N) is 3. The maximum Gasteiger partial charge on any atom is 0.415 e. The Morgan fingerprint density at radius 1 is 1.29 bits per heavy atom. The van der Waals surface area contributed by atoms with Crippen LogP contribution in [0.4, 0.5) is 9.80 Å². The minimum absolute atomic E-state index is 0.0645. The molecule has 0 aliphatic heterocycles. The summed E-state index contributed by atoms with van der Waals surface area (Å²) in [7, 11) is 2.80. The van der Waals surface area contributed by atoms with Crippen molar-refractivity contribution in [3.05, 3.63) is 30.2 Å². The predicted octanol–water partition coefficient (Wildman–Crippen LogP) is 3.36. The number of methoxy groups -OCH3 is 1. The lowest BCUT2D eigenvalue weighted by Gasteiger charge is -2.24. The molecule has 24 heavy (non-hydrogen) atoms. The van der Waals surface area contributed by atoms with Gasteiger partial charge >= 0.3 is 12.1 Å². The van der Waals surface area contributed by atoms with Crippen LogP contribution in [0.3, 0.4) is 0 Å². The van der Waals surface area contributed by atoms with E-state index in [1.54, 1.807) is 39.2 Å². The average Bonchev–Trinajstić information content (AvgIpc) is 2.97. The van der Waals surface area contributed by atoms with Gasteiger partial charge in [0.05, 0.1) is 7.11 Å².